The van der Waals surface area contributed by atoms with Gasteiger partial charge in [-0.05, 0) is 6.07 Å². The van der Waals surface area contributed by atoms with Gasteiger partial charge in [-0.2, -0.15) is 4.98 Å². The molecule has 2 rings (SSSR count). The van der Waals surface area contributed by atoms with Crippen LogP contribution in [0.15, 0.2) is 17.1 Å². The van der Waals surface area contributed by atoms with E-state index in [1.807, 2.05) is 0 Å². The van der Waals surface area contributed by atoms with Crippen LogP contribution in [0.3, 0.4) is 0 Å². The first-order chi connectivity index (χ1) is 8.04. The average Bonchev–Trinajstić information content (AvgIpc) is 2.57. The first-order valence-electron chi connectivity index (χ1n) is 5.09. The van der Waals surface area contributed by atoms with Crippen LogP contribution in [0.1, 0.15) is 6.23 Å². The lowest BCUT2D eigenvalue weighted by Crippen LogP contribution is -2.42. The second-order valence-electron chi connectivity index (χ2n) is 3.86. The normalized spacial score (nSPS) is 32.9. The molecular formula is C9H14N4O4. The number of anilines is 1. The first-order valence-corrected chi connectivity index (χ1v) is 5.09. The molecule has 1 aromatic rings. The van der Waals surface area contributed by atoms with Crippen molar-refractivity contribution < 1.29 is 14.9 Å². The molecule has 4 atom stereocenters. The summed E-state index contributed by atoms with van der Waals surface area (Å²) in [5.41, 5.74) is 10.5. The Morgan fingerprint density at radius 3 is 2.82 bits per heavy atom. The van der Waals surface area contributed by atoms with Gasteiger partial charge in [0.15, 0.2) is 6.23 Å². The fourth-order valence-corrected chi connectivity index (χ4v) is 1.79. The van der Waals surface area contributed by atoms with Crippen LogP contribution >= 0.6 is 0 Å². The predicted molar refractivity (Wildman–Crippen MR) is 57.9 cm³/mol. The smallest absolute Gasteiger partial charge is 0.351 e. The first kappa shape index (κ1) is 12.0. The predicted octanol–water partition coefficient (Wildman–Crippen LogP) is -2.60. The summed E-state index contributed by atoms with van der Waals surface area (Å²) in [6.07, 6.45) is -1.31. The number of aliphatic hydroxyl groups excluding tert-OH is 2. The Bertz CT molecular complexity index is 463. The van der Waals surface area contributed by atoms with Crippen LogP contribution in [-0.2, 0) is 4.74 Å². The maximum Gasteiger partial charge on any atom is 0.351 e. The van der Waals surface area contributed by atoms with Crippen molar-refractivity contribution >= 4 is 5.82 Å². The average molecular weight is 242 g/mol. The van der Waals surface area contributed by atoms with E-state index in [-0.39, 0.29) is 12.4 Å². The molecule has 8 heteroatoms. The van der Waals surface area contributed by atoms with Gasteiger partial charge in [-0.1, -0.05) is 0 Å². The molecule has 0 bridgehead atoms. The summed E-state index contributed by atoms with van der Waals surface area (Å²) >= 11 is 0. The van der Waals surface area contributed by atoms with E-state index in [4.69, 9.17) is 21.3 Å². The third kappa shape index (κ3) is 2.03. The molecule has 17 heavy (non-hydrogen) atoms. The van der Waals surface area contributed by atoms with Gasteiger partial charge in [-0.25, -0.2) is 4.79 Å². The molecule has 0 aromatic carbocycles. The lowest BCUT2D eigenvalue weighted by atomic mass is 10.1. The molecule has 2 heterocycles. The van der Waals surface area contributed by atoms with Crippen molar-refractivity contribution in [3.63, 3.8) is 0 Å². The van der Waals surface area contributed by atoms with Gasteiger partial charge in [0.2, 0.25) is 0 Å². The highest BCUT2D eigenvalue weighted by atomic mass is 16.5. The standard InChI is InChI=1S/C9H14N4O4/c10-5-1-2-13(9(16)12-5)8-6(11)7(15)4(3-14)17-8/h1-2,4,6-8,14-15H,3,11H2,(H2,10,12,16)/t4-,6-,7?,8?/m1/s1. The molecule has 0 spiro atoms. The van der Waals surface area contributed by atoms with E-state index in [1.54, 1.807) is 0 Å². The molecule has 0 radical (unpaired) electrons. The van der Waals surface area contributed by atoms with Crippen LogP contribution in [0.4, 0.5) is 5.82 Å². The van der Waals surface area contributed by atoms with Crippen LogP contribution in [0.25, 0.3) is 0 Å². The lowest BCUT2D eigenvalue weighted by molar-refractivity contribution is -0.0464. The Labute approximate surface area is 96.4 Å². The third-order valence-corrected chi connectivity index (χ3v) is 2.72. The van der Waals surface area contributed by atoms with Crippen molar-refractivity contribution in [3.05, 3.63) is 22.7 Å². The minimum Gasteiger partial charge on any atom is -0.394 e. The maximum absolute atomic E-state index is 11.6. The number of rotatable bonds is 2. The zero-order valence-electron chi connectivity index (χ0n) is 8.93. The summed E-state index contributed by atoms with van der Waals surface area (Å²) in [5.74, 6) is 0.0945. The highest BCUT2D eigenvalue weighted by molar-refractivity contribution is 5.23. The van der Waals surface area contributed by atoms with Crippen molar-refractivity contribution in [3.8, 4) is 0 Å². The molecular weight excluding hydrogens is 228 g/mol. The van der Waals surface area contributed by atoms with Crippen LogP contribution in [0, 0.1) is 0 Å². The Kier molecular flexibility index (Phi) is 3.11. The zero-order valence-corrected chi connectivity index (χ0v) is 8.93. The van der Waals surface area contributed by atoms with E-state index in [0.29, 0.717) is 0 Å². The van der Waals surface area contributed by atoms with Gasteiger partial charge in [-0.3, -0.25) is 4.57 Å². The van der Waals surface area contributed by atoms with Crippen molar-refractivity contribution in [2.24, 2.45) is 5.73 Å². The summed E-state index contributed by atoms with van der Waals surface area (Å²) in [5, 5.41) is 18.6. The summed E-state index contributed by atoms with van der Waals surface area (Å²) < 4.78 is 6.44. The number of nitrogens with two attached hydrogens (primary N) is 2. The molecule has 0 saturated carbocycles. The molecule has 1 aliphatic rings. The Morgan fingerprint density at radius 1 is 1.59 bits per heavy atom. The SMILES string of the molecule is Nc1ccn(C2O[C@H](CO)C(O)[C@H]2N)c(=O)n1. The fraction of sp³-hybridized carbons (Fsp3) is 0.556. The number of ether oxygens (including phenoxy) is 1. The van der Waals surface area contributed by atoms with E-state index in [2.05, 4.69) is 4.98 Å². The van der Waals surface area contributed by atoms with E-state index >= 15 is 0 Å². The topological polar surface area (TPSA) is 137 Å². The van der Waals surface area contributed by atoms with Crippen molar-refractivity contribution in [2.45, 2.75) is 24.5 Å². The van der Waals surface area contributed by atoms with Gasteiger partial charge in [0, 0.05) is 6.20 Å². The van der Waals surface area contributed by atoms with Gasteiger partial charge < -0.3 is 26.4 Å². The summed E-state index contributed by atoms with van der Waals surface area (Å²) in [6, 6.07) is 0.617. The second kappa shape index (κ2) is 4.41. The summed E-state index contributed by atoms with van der Waals surface area (Å²) in [6.45, 7) is -0.373. The Hall–Kier alpha value is -1.48. The fourth-order valence-electron chi connectivity index (χ4n) is 1.79. The summed E-state index contributed by atoms with van der Waals surface area (Å²) in [7, 11) is 0. The second-order valence-corrected chi connectivity index (χ2v) is 3.86. The van der Waals surface area contributed by atoms with Crippen molar-refractivity contribution in [1.29, 1.82) is 0 Å². The zero-order chi connectivity index (χ0) is 12.6. The molecule has 8 nitrogen and oxygen atoms in total. The minimum atomic E-state index is -1.03. The number of aliphatic hydroxyl groups is 2. The van der Waals surface area contributed by atoms with E-state index in [0.717, 1.165) is 4.57 Å². The van der Waals surface area contributed by atoms with Crippen molar-refractivity contribution in [2.75, 3.05) is 12.3 Å². The number of nitrogen functional groups attached to an aromatic ring is 1. The van der Waals surface area contributed by atoms with Gasteiger partial charge in [0.05, 0.1) is 12.6 Å². The maximum atomic E-state index is 11.6. The highest BCUT2D eigenvalue weighted by Gasteiger charge is 2.42. The van der Waals surface area contributed by atoms with Crippen LogP contribution < -0.4 is 17.2 Å². The molecule has 1 aromatic heterocycles. The quantitative estimate of drug-likeness (QED) is 0.446. The highest BCUT2D eigenvalue weighted by Crippen LogP contribution is 2.26. The Balaban J connectivity index is 2.32. The molecule has 1 fully saturated rings. The molecule has 1 saturated heterocycles. The minimum absolute atomic E-state index is 0.0945. The van der Waals surface area contributed by atoms with Gasteiger partial charge in [-0.15, -0.1) is 0 Å². The molecule has 0 amide bonds. The number of hydrogen-bond donors (Lipinski definition) is 4. The molecule has 6 N–H and O–H groups in total. The van der Waals surface area contributed by atoms with Crippen molar-refractivity contribution in [1.82, 2.24) is 9.55 Å². The Morgan fingerprint density at radius 2 is 2.29 bits per heavy atom. The molecule has 1 aliphatic heterocycles. The number of nitrogens with zero attached hydrogens (tertiary/aromatic N) is 2. The van der Waals surface area contributed by atoms with Crippen LogP contribution in [-0.4, -0.2) is 44.6 Å². The molecule has 94 valence electrons. The van der Waals surface area contributed by atoms with Gasteiger partial charge in [0.25, 0.3) is 0 Å². The summed E-state index contributed by atoms with van der Waals surface area (Å²) in [4.78, 5) is 15.1. The number of hydrogen-bond acceptors (Lipinski definition) is 7. The van der Waals surface area contributed by atoms with Crippen LogP contribution in [0.2, 0.25) is 0 Å². The van der Waals surface area contributed by atoms with E-state index < -0.39 is 30.2 Å². The van der Waals surface area contributed by atoms with E-state index in [1.165, 1.54) is 12.3 Å². The lowest BCUT2D eigenvalue weighted by Gasteiger charge is -2.17. The van der Waals surface area contributed by atoms with E-state index in [9.17, 15) is 9.90 Å². The largest absolute Gasteiger partial charge is 0.394 e. The number of aromatic nitrogens is 2. The third-order valence-electron chi connectivity index (χ3n) is 2.72. The van der Waals surface area contributed by atoms with Gasteiger partial charge >= 0.3 is 5.69 Å². The van der Waals surface area contributed by atoms with Crippen LogP contribution in [0.5, 0.6) is 0 Å². The van der Waals surface area contributed by atoms with Gasteiger partial charge in [0.1, 0.15) is 18.0 Å². The molecule has 0 aliphatic carbocycles. The monoisotopic (exact) mass is 242 g/mol. The molecule has 2 unspecified atom stereocenters.